The molecule has 5 rings (SSSR count). The Hall–Kier alpha value is -3.39. The van der Waals surface area contributed by atoms with E-state index >= 15 is 0 Å². The van der Waals surface area contributed by atoms with Gasteiger partial charge in [0.15, 0.2) is 11.5 Å². The summed E-state index contributed by atoms with van der Waals surface area (Å²) in [5, 5.41) is 0.661. The first-order valence-corrected chi connectivity index (χ1v) is 12.0. The molecule has 2 aliphatic rings. The second-order valence-corrected chi connectivity index (χ2v) is 8.76. The maximum Gasteiger partial charge on any atom is 0.261 e. The topological polar surface area (TPSA) is 76.9 Å². The van der Waals surface area contributed by atoms with E-state index in [1.54, 1.807) is 18.2 Å². The number of fused-ring (bicyclic) bond motifs is 2. The van der Waals surface area contributed by atoms with Crippen LogP contribution >= 0.6 is 0 Å². The molecule has 0 N–H and O–H groups in total. The van der Waals surface area contributed by atoms with Crippen LogP contribution in [0.1, 0.15) is 48.9 Å². The highest BCUT2D eigenvalue weighted by molar-refractivity contribution is 5.95. The zero-order valence-corrected chi connectivity index (χ0v) is 19.7. The van der Waals surface area contributed by atoms with Crippen LogP contribution in [0.5, 0.6) is 11.5 Å². The van der Waals surface area contributed by atoms with E-state index in [4.69, 9.17) is 14.5 Å². The summed E-state index contributed by atoms with van der Waals surface area (Å²) >= 11 is 0. The number of para-hydroxylation sites is 1. The van der Waals surface area contributed by atoms with E-state index < -0.39 is 0 Å². The summed E-state index contributed by atoms with van der Waals surface area (Å²) in [6.45, 7) is 7.73. The van der Waals surface area contributed by atoms with Gasteiger partial charge in [-0.1, -0.05) is 26.0 Å². The quantitative estimate of drug-likeness (QED) is 0.559. The lowest BCUT2D eigenvalue weighted by atomic mass is 10.1. The molecule has 178 valence electrons. The van der Waals surface area contributed by atoms with Crippen LogP contribution in [0.25, 0.3) is 10.9 Å². The molecular weight excluding hydrogens is 432 g/mol. The van der Waals surface area contributed by atoms with E-state index in [1.807, 2.05) is 33.7 Å². The van der Waals surface area contributed by atoms with Crippen molar-refractivity contribution in [3.63, 3.8) is 0 Å². The van der Waals surface area contributed by atoms with Crippen LogP contribution in [0.15, 0.2) is 47.3 Å². The Labute approximate surface area is 198 Å². The molecule has 0 spiro atoms. The van der Waals surface area contributed by atoms with Crippen LogP contribution in [0.4, 0.5) is 0 Å². The summed E-state index contributed by atoms with van der Waals surface area (Å²) in [5.41, 5.74) is 1.38. The van der Waals surface area contributed by atoms with Gasteiger partial charge in [-0.15, -0.1) is 0 Å². The maximum atomic E-state index is 13.3. The van der Waals surface area contributed by atoms with Crippen LogP contribution in [-0.4, -0.2) is 58.2 Å². The van der Waals surface area contributed by atoms with Crippen molar-refractivity contribution in [1.82, 2.24) is 19.4 Å². The van der Waals surface area contributed by atoms with Crippen LogP contribution in [0, 0.1) is 0 Å². The molecule has 34 heavy (non-hydrogen) atoms. The van der Waals surface area contributed by atoms with Crippen LogP contribution in [0.3, 0.4) is 0 Å². The third-order valence-electron chi connectivity index (χ3n) is 6.68. The summed E-state index contributed by atoms with van der Waals surface area (Å²) in [5.74, 6) is 2.11. The average molecular weight is 463 g/mol. The van der Waals surface area contributed by atoms with Crippen molar-refractivity contribution in [3.05, 3.63) is 64.2 Å². The number of hydrogen-bond donors (Lipinski definition) is 0. The second-order valence-electron chi connectivity index (χ2n) is 8.76. The summed E-state index contributed by atoms with van der Waals surface area (Å²) in [6.07, 6.45) is 1.70. The fraction of sp³-hybridized carbons (Fsp3) is 0.423. The fourth-order valence-corrected chi connectivity index (χ4v) is 4.93. The summed E-state index contributed by atoms with van der Waals surface area (Å²) < 4.78 is 12.6. The third kappa shape index (κ3) is 4.03. The number of nitrogens with zero attached hydrogens (tertiary/aromatic N) is 4. The van der Waals surface area contributed by atoms with E-state index in [9.17, 15) is 9.59 Å². The number of ether oxygens (including phenoxy) is 2. The largest absolute Gasteiger partial charge is 0.454 e. The number of piperazine rings is 1. The predicted octanol–water partition coefficient (Wildman–Crippen LogP) is 3.44. The van der Waals surface area contributed by atoms with Gasteiger partial charge in [0, 0.05) is 38.3 Å². The van der Waals surface area contributed by atoms with Gasteiger partial charge in [-0.25, -0.2) is 4.98 Å². The summed E-state index contributed by atoms with van der Waals surface area (Å²) in [4.78, 5) is 35.5. The molecule has 1 fully saturated rings. The molecule has 1 aromatic heterocycles. The highest BCUT2D eigenvalue weighted by atomic mass is 16.7. The lowest BCUT2D eigenvalue weighted by Gasteiger charge is -2.39. The molecule has 3 heterocycles. The van der Waals surface area contributed by atoms with Gasteiger partial charge in [0.05, 0.1) is 16.9 Å². The van der Waals surface area contributed by atoms with Crippen molar-refractivity contribution in [2.24, 2.45) is 0 Å². The zero-order valence-electron chi connectivity index (χ0n) is 19.7. The average Bonchev–Trinajstić information content (AvgIpc) is 3.35. The van der Waals surface area contributed by atoms with E-state index in [0.717, 1.165) is 37.3 Å². The fourth-order valence-electron chi connectivity index (χ4n) is 4.93. The Morgan fingerprint density at radius 2 is 1.79 bits per heavy atom. The number of rotatable bonds is 6. The minimum atomic E-state index is -0.00211. The predicted molar refractivity (Wildman–Crippen MR) is 129 cm³/mol. The Morgan fingerprint density at radius 1 is 1.03 bits per heavy atom. The molecule has 0 radical (unpaired) electrons. The van der Waals surface area contributed by atoms with Gasteiger partial charge in [-0.3, -0.25) is 19.1 Å². The molecule has 1 unspecified atom stereocenters. The van der Waals surface area contributed by atoms with Crippen molar-refractivity contribution in [1.29, 1.82) is 0 Å². The number of aromatic nitrogens is 2. The normalized spacial score (nSPS) is 16.7. The molecule has 0 bridgehead atoms. The monoisotopic (exact) mass is 462 g/mol. The Bertz CT molecular complexity index is 1260. The first-order valence-electron chi connectivity index (χ1n) is 12.0. The number of benzene rings is 2. The Kier molecular flexibility index (Phi) is 6.24. The molecule has 3 aromatic rings. The Balaban J connectivity index is 1.36. The van der Waals surface area contributed by atoms with Crippen molar-refractivity contribution in [3.8, 4) is 11.5 Å². The van der Waals surface area contributed by atoms with Gasteiger partial charge in [0.25, 0.3) is 11.5 Å². The lowest BCUT2D eigenvalue weighted by Crippen LogP contribution is -2.50. The molecule has 8 nitrogen and oxygen atoms in total. The lowest BCUT2D eigenvalue weighted by molar-refractivity contribution is 0.0548. The van der Waals surface area contributed by atoms with Crippen molar-refractivity contribution >= 4 is 16.8 Å². The highest BCUT2D eigenvalue weighted by Gasteiger charge is 2.30. The molecule has 1 atom stereocenters. The second kappa shape index (κ2) is 9.46. The van der Waals surface area contributed by atoms with Gasteiger partial charge >= 0.3 is 0 Å². The summed E-state index contributed by atoms with van der Waals surface area (Å²) in [6, 6.07) is 12.9. The van der Waals surface area contributed by atoms with Crippen LogP contribution < -0.4 is 15.0 Å². The molecular formula is C26H30N4O4. The molecule has 1 amide bonds. The van der Waals surface area contributed by atoms with Gasteiger partial charge in [-0.2, -0.15) is 0 Å². The van der Waals surface area contributed by atoms with Gasteiger partial charge < -0.3 is 14.4 Å². The number of carbonyl (C=O) groups is 1. The van der Waals surface area contributed by atoms with E-state index in [0.29, 0.717) is 42.1 Å². The smallest absolute Gasteiger partial charge is 0.261 e. The van der Waals surface area contributed by atoms with Gasteiger partial charge in [0.2, 0.25) is 6.79 Å². The molecule has 0 aliphatic carbocycles. The molecule has 0 saturated carbocycles. The van der Waals surface area contributed by atoms with Crippen LogP contribution in [-0.2, 0) is 6.54 Å². The minimum absolute atomic E-state index is 0.00211. The molecule has 2 aromatic carbocycles. The van der Waals surface area contributed by atoms with Crippen LogP contribution in [0.2, 0.25) is 0 Å². The number of hydrogen-bond acceptors (Lipinski definition) is 6. The van der Waals surface area contributed by atoms with E-state index in [-0.39, 0.29) is 24.3 Å². The van der Waals surface area contributed by atoms with Crippen molar-refractivity contribution in [2.45, 2.75) is 39.3 Å². The van der Waals surface area contributed by atoms with Gasteiger partial charge in [-0.05, 0) is 43.2 Å². The zero-order chi connectivity index (χ0) is 23.7. The molecule has 8 heteroatoms. The third-order valence-corrected chi connectivity index (χ3v) is 6.68. The minimum Gasteiger partial charge on any atom is -0.454 e. The molecule has 2 aliphatic heterocycles. The van der Waals surface area contributed by atoms with Gasteiger partial charge in [0.1, 0.15) is 5.82 Å². The summed E-state index contributed by atoms with van der Waals surface area (Å²) in [7, 11) is 0. The first-order chi connectivity index (χ1) is 16.6. The maximum absolute atomic E-state index is 13.3. The number of carbonyl (C=O) groups excluding carboxylic acids is 1. The Morgan fingerprint density at radius 3 is 2.56 bits per heavy atom. The molecule has 1 saturated heterocycles. The standard InChI is InChI=1S/C26H30N4O4/c1-3-11-30-24(27-20-8-6-5-7-19(20)26(30)32)21(4-2)28-12-14-29(15-13-28)25(31)18-9-10-22-23(16-18)34-17-33-22/h5-10,16,21H,3-4,11-15,17H2,1-2H3. The van der Waals surface area contributed by atoms with E-state index in [1.165, 1.54) is 0 Å². The number of amides is 1. The van der Waals surface area contributed by atoms with Crippen molar-refractivity contribution < 1.29 is 14.3 Å². The SMILES string of the molecule is CCCn1c(C(CC)N2CCN(C(=O)c3ccc4c(c3)OCO4)CC2)nc2ccccc2c1=O. The highest BCUT2D eigenvalue weighted by Crippen LogP contribution is 2.33. The van der Waals surface area contributed by atoms with E-state index in [2.05, 4.69) is 18.7 Å². The first kappa shape index (κ1) is 22.4. The van der Waals surface area contributed by atoms with Crippen molar-refractivity contribution in [2.75, 3.05) is 33.0 Å².